The Labute approximate surface area is 124 Å². The van der Waals surface area contributed by atoms with Gasteiger partial charge in [-0.25, -0.2) is 4.98 Å². The number of unbranched alkanes of at least 4 members (excludes halogenated alkanes) is 3. The van der Waals surface area contributed by atoms with Gasteiger partial charge in [0.15, 0.2) is 5.96 Å². The molecular weight excluding hydrogens is 276 g/mol. The zero-order chi connectivity index (χ0) is 13.8. The van der Waals surface area contributed by atoms with Crippen molar-refractivity contribution in [1.82, 2.24) is 10.3 Å². The molecule has 108 valence electrons. The van der Waals surface area contributed by atoms with Crippen LogP contribution in [0.15, 0.2) is 20.9 Å². The molecule has 1 aromatic rings. The number of nitrogens with two attached hydrogens (primary N) is 1. The third-order valence-corrected chi connectivity index (χ3v) is 4.61. The van der Waals surface area contributed by atoms with Crippen LogP contribution in [0.3, 0.4) is 0 Å². The fraction of sp³-hybridized carbons (Fsp3) is 0.692. The maximum absolute atomic E-state index is 5.79. The number of hydrogen-bond donors (Lipinski definition) is 2. The van der Waals surface area contributed by atoms with Crippen LogP contribution in [-0.4, -0.2) is 29.8 Å². The first-order valence-electron chi connectivity index (χ1n) is 6.89. The number of thiazole rings is 1. The predicted octanol–water partition coefficient (Wildman–Crippen LogP) is 3.11. The first kappa shape index (κ1) is 16.3. The molecule has 0 aliphatic carbocycles. The van der Waals surface area contributed by atoms with Crippen LogP contribution in [0.2, 0.25) is 0 Å². The highest BCUT2D eigenvalue weighted by Crippen LogP contribution is 2.20. The molecule has 0 bridgehead atoms. The fourth-order valence-corrected chi connectivity index (χ4v) is 3.16. The number of hydrogen-bond acceptors (Lipinski definition) is 4. The molecule has 0 spiro atoms. The van der Waals surface area contributed by atoms with Gasteiger partial charge in [-0.3, -0.25) is 4.99 Å². The standard InChI is InChI=1S/C13H24N4S2/c1-2-3-4-5-7-15-12(14)16-8-6-10-18-13-17-9-11-19-13/h9,11H,2-8,10H2,1H3,(H3,14,15,16). The van der Waals surface area contributed by atoms with E-state index >= 15 is 0 Å². The summed E-state index contributed by atoms with van der Waals surface area (Å²) in [6.07, 6.45) is 7.87. The van der Waals surface area contributed by atoms with Crippen LogP contribution in [0, 0.1) is 0 Å². The summed E-state index contributed by atoms with van der Waals surface area (Å²) >= 11 is 3.47. The van der Waals surface area contributed by atoms with E-state index < -0.39 is 0 Å². The molecule has 1 rings (SSSR count). The summed E-state index contributed by atoms with van der Waals surface area (Å²) < 4.78 is 1.13. The molecule has 0 aromatic carbocycles. The van der Waals surface area contributed by atoms with Crippen molar-refractivity contribution in [3.05, 3.63) is 11.6 Å². The molecule has 0 fully saturated rings. The lowest BCUT2D eigenvalue weighted by atomic mass is 10.2. The SMILES string of the molecule is CCCCCCNC(N)=NCCCSc1nccs1. The van der Waals surface area contributed by atoms with Gasteiger partial charge in [-0.05, 0) is 12.8 Å². The van der Waals surface area contributed by atoms with E-state index in [1.165, 1.54) is 25.7 Å². The Morgan fingerprint density at radius 3 is 3.05 bits per heavy atom. The summed E-state index contributed by atoms with van der Waals surface area (Å²) in [5.74, 6) is 1.62. The Bertz CT molecular complexity index is 338. The van der Waals surface area contributed by atoms with E-state index in [1.54, 1.807) is 23.1 Å². The van der Waals surface area contributed by atoms with Crippen molar-refractivity contribution in [2.75, 3.05) is 18.8 Å². The lowest BCUT2D eigenvalue weighted by Crippen LogP contribution is -2.32. The smallest absolute Gasteiger partial charge is 0.188 e. The molecule has 0 radical (unpaired) electrons. The van der Waals surface area contributed by atoms with Crippen molar-refractivity contribution >= 4 is 29.1 Å². The van der Waals surface area contributed by atoms with E-state index in [9.17, 15) is 0 Å². The van der Waals surface area contributed by atoms with Gasteiger partial charge in [0.1, 0.15) is 4.34 Å². The molecule has 4 nitrogen and oxygen atoms in total. The number of guanidine groups is 1. The molecule has 1 heterocycles. The highest BCUT2D eigenvalue weighted by Gasteiger charge is 1.96. The lowest BCUT2D eigenvalue weighted by Gasteiger charge is -2.05. The Balaban J connectivity index is 1.95. The van der Waals surface area contributed by atoms with Gasteiger partial charge in [0.25, 0.3) is 0 Å². The van der Waals surface area contributed by atoms with Gasteiger partial charge < -0.3 is 11.1 Å². The monoisotopic (exact) mass is 300 g/mol. The van der Waals surface area contributed by atoms with Crippen molar-refractivity contribution in [3.8, 4) is 0 Å². The van der Waals surface area contributed by atoms with E-state index in [0.717, 1.165) is 29.6 Å². The summed E-state index contributed by atoms with van der Waals surface area (Å²) in [7, 11) is 0. The molecule has 0 saturated carbocycles. The molecule has 6 heteroatoms. The van der Waals surface area contributed by atoms with Crippen LogP contribution in [-0.2, 0) is 0 Å². The van der Waals surface area contributed by atoms with E-state index in [-0.39, 0.29) is 0 Å². The number of aliphatic imine (C=N–C) groups is 1. The van der Waals surface area contributed by atoms with Gasteiger partial charge in [0, 0.05) is 30.4 Å². The molecule has 0 amide bonds. The van der Waals surface area contributed by atoms with Crippen LogP contribution >= 0.6 is 23.1 Å². The molecule has 0 aliphatic heterocycles. The summed E-state index contributed by atoms with van der Waals surface area (Å²) in [5.41, 5.74) is 5.79. The van der Waals surface area contributed by atoms with Crippen molar-refractivity contribution in [1.29, 1.82) is 0 Å². The number of thioether (sulfide) groups is 1. The summed E-state index contributed by atoms with van der Waals surface area (Å²) in [6.45, 7) is 3.93. The van der Waals surface area contributed by atoms with E-state index in [0.29, 0.717) is 5.96 Å². The van der Waals surface area contributed by atoms with Crippen molar-refractivity contribution in [2.24, 2.45) is 10.7 Å². The lowest BCUT2D eigenvalue weighted by molar-refractivity contribution is 0.652. The normalized spacial score (nSPS) is 11.7. The van der Waals surface area contributed by atoms with E-state index in [2.05, 4.69) is 22.2 Å². The third-order valence-electron chi connectivity index (χ3n) is 2.56. The highest BCUT2D eigenvalue weighted by atomic mass is 32.2. The largest absolute Gasteiger partial charge is 0.370 e. The second kappa shape index (κ2) is 11.1. The van der Waals surface area contributed by atoms with Crippen LogP contribution in [0.4, 0.5) is 0 Å². The molecule has 0 unspecified atom stereocenters. The maximum atomic E-state index is 5.79. The van der Waals surface area contributed by atoms with Crippen LogP contribution in [0.25, 0.3) is 0 Å². The van der Waals surface area contributed by atoms with Crippen LogP contribution in [0.5, 0.6) is 0 Å². The highest BCUT2D eigenvalue weighted by molar-refractivity contribution is 8.00. The minimum atomic E-state index is 0.579. The molecule has 3 N–H and O–H groups in total. The Hall–Kier alpha value is -0.750. The molecule has 0 saturated heterocycles. The van der Waals surface area contributed by atoms with Crippen molar-refractivity contribution < 1.29 is 0 Å². The second-order valence-electron chi connectivity index (χ2n) is 4.25. The minimum absolute atomic E-state index is 0.579. The molecule has 0 atom stereocenters. The molecular formula is C13H24N4S2. The first-order chi connectivity index (χ1) is 9.33. The number of nitrogens with one attached hydrogen (secondary N) is 1. The number of nitrogens with zero attached hydrogens (tertiary/aromatic N) is 2. The average Bonchev–Trinajstić information content (AvgIpc) is 2.91. The van der Waals surface area contributed by atoms with E-state index in [1.807, 2.05) is 11.6 Å². The van der Waals surface area contributed by atoms with Gasteiger partial charge >= 0.3 is 0 Å². The average molecular weight is 300 g/mol. The zero-order valence-electron chi connectivity index (χ0n) is 11.6. The maximum Gasteiger partial charge on any atom is 0.188 e. The molecule has 19 heavy (non-hydrogen) atoms. The van der Waals surface area contributed by atoms with Crippen LogP contribution < -0.4 is 11.1 Å². The Kier molecular flexibility index (Phi) is 9.53. The quantitative estimate of drug-likeness (QED) is 0.302. The fourth-order valence-electron chi connectivity index (χ4n) is 1.53. The first-order valence-corrected chi connectivity index (χ1v) is 8.75. The van der Waals surface area contributed by atoms with Gasteiger partial charge in [-0.15, -0.1) is 11.3 Å². The molecule has 0 aliphatic rings. The Morgan fingerprint density at radius 2 is 2.32 bits per heavy atom. The van der Waals surface area contributed by atoms with Gasteiger partial charge in [0.05, 0.1) is 0 Å². The third kappa shape index (κ3) is 8.88. The van der Waals surface area contributed by atoms with Crippen molar-refractivity contribution in [3.63, 3.8) is 0 Å². The zero-order valence-corrected chi connectivity index (χ0v) is 13.2. The summed E-state index contributed by atoms with van der Waals surface area (Å²) in [4.78, 5) is 8.54. The van der Waals surface area contributed by atoms with Gasteiger partial charge in [0.2, 0.25) is 0 Å². The van der Waals surface area contributed by atoms with Gasteiger partial charge in [-0.1, -0.05) is 37.9 Å². The number of aromatic nitrogens is 1. The van der Waals surface area contributed by atoms with Crippen LogP contribution in [0.1, 0.15) is 39.0 Å². The topological polar surface area (TPSA) is 63.3 Å². The van der Waals surface area contributed by atoms with Crippen molar-refractivity contribution in [2.45, 2.75) is 43.4 Å². The second-order valence-corrected chi connectivity index (χ2v) is 6.49. The van der Waals surface area contributed by atoms with E-state index in [4.69, 9.17) is 5.73 Å². The Morgan fingerprint density at radius 1 is 1.42 bits per heavy atom. The molecule has 1 aromatic heterocycles. The summed E-state index contributed by atoms with van der Waals surface area (Å²) in [6, 6.07) is 0. The minimum Gasteiger partial charge on any atom is -0.370 e. The van der Waals surface area contributed by atoms with Gasteiger partial charge in [-0.2, -0.15) is 0 Å². The number of rotatable bonds is 10. The predicted molar refractivity (Wildman–Crippen MR) is 86.1 cm³/mol. The summed E-state index contributed by atoms with van der Waals surface area (Å²) in [5, 5.41) is 5.16.